The fourth-order valence-corrected chi connectivity index (χ4v) is 63.6. The van der Waals surface area contributed by atoms with Gasteiger partial charge in [-0.25, -0.2) is 4.79 Å². The smallest absolute Gasteiger partial charge is 0.478 e. The molecule has 0 aromatic heterocycles. The van der Waals surface area contributed by atoms with Crippen molar-refractivity contribution in [3.63, 3.8) is 0 Å². The van der Waals surface area contributed by atoms with E-state index >= 15 is 0 Å². The highest BCUT2D eigenvalue weighted by Gasteiger charge is 2.82. The molecule has 0 aromatic carbocycles. The fraction of sp³-hybridized carbons (Fsp3) is 0.952. The molecule has 6 aliphatic rings. The zero-order chi connectivity index (χ0) is 61.6. The maximum atomic E-state index is 12.5. The Bertz CT molecular complexity index is 1710. The van der Waals surface area contributed by atoms with E-state index in [1.54, 1.807) is 0 Å². The highest BCUT2D eigenvalue weighted by Crippen LogP contribution is 2.55. The van der Waals surface area contributed by atoms with Gasteiger partial charge in [-0.1, -0.05) is 238 Å². The Morgan fingerprint density at radius 1 is 0.262 bits per heavy atom. The van der Waals surface area contributed by atoms with Gasteiger partial charge in [-0.3, -0.25) is 0 Å². The third kappa shape index (κ3) is 25.5. The van der Waals surface area contributed by atoms with E-state index in [0.717, 1.165) is 180 Å². The van der Waals surface area contributed by atoms with Crippen LogP contribution in [0.25, 0.3) is 0 Å². The Morgan fingerprint density at radius 3 is 0.536 bits per heavy atom. The van der Waals surface area contributed by atoms with Crippen molar-refractivity contribution in [3.05, 3.63) is 12.2 Å². The molecule has 6 fully saturated rings. The standard InChI is InChI=1S/C62H128O14Si8/c1-54(2)38-23-16-30-46-77-65-78(47-31-17-24-39-55(3)4)68-81(50-34-20-27-42-58(9)10)70-79(66-77,48-32-18-25-40-56(5)6)72-83(52-36-22-29-44-60(13)14)73-80(67-77,49-33-19-26-41-57(7)8)71-82(69-78,51-35-21-28-43-59(11)12)75-84(74-81,76-83)53-37-45-61(15)62(63)64/h54-60H,15-53H2,1-14H3,(H,63,64). The number of aliphatic carboxylic acids is 1. The SMILES string of the molecule is C=C(CCC[Si]12O[Si]3(CCCCCC(C)C)O[Si]4(CCCCCC(C)C)O[Si]5(CCCCCC(C)C)O[Si](CCCCCC(C)C)(O3)O[Si](CCCCCC(C)C)(O[Si](CCCCCC(C)C)(O5)O[Si](CCCCCC(C)C)(O4)O1)O2)C(=O)O. The van der Waals surface area contributed by atoms with Gasteiger partial charge in [0, 0.05) is 53.9 Å². The van der Waals surface area contributed by atoms with Crippen LogP contribution in [0.3, 0.4) is 0 Å². The number of carboxylic acids is 1. The molecule has 0 amide bonds. The molecule has 0 radical (unpaired) electrons. The summed E-state index contributed by atoms with van der Waals surface area (Å²) in [4.78, 5) is 12.5. The van der Waals surface area contributed by atoms with E-state index in [4.69, 9.17) is 49.4 Å². The van der Waals surface area contributed by atoms with Crippen LogP contribution in [0.4, 0.5) is 0 Å². The molecule has 0 unspecified atom stereocenters. The van der Waals surface area contributed by atoms with Crippen molar-refractivity contribution in [2.75, 3.05) is 0 Å². The molecule has 0 saturated carbocycles. The van der Waals surface area contributed by atoms with Crippen molar-refractivity contribution in [2.45, 2.75) is 338 Å². The summed E-state index contributed by atoms with van der Waals surface area (Å²) in [6.45, 7) is 36.2. The Labute approximate surface area is 524 Å². The van der Waals surface area contributed by atoms with E-state index in [9.17, 15) is 9.90 Å². The van der Waals surface area contributed by atoms with Crippen LogP contribution in [0.15, 0.2) is 12.2 Å². The molecule has 1 N–H and O–H groups in total. The van der Waals surface area contributed by atoms with Crippen molar-refractivity contribution in [2.24, 2.45) is 41.4 Å². The van der Waals surface area contributed by atoms with Crippen molar-refractivity contribution in [1.82, 2.24) is 0 Å². The van der Waals surface area contributed by atoms with E-state index in [1.165, 1.54) is 0 Å². The average molecular weight is 1320 g/mol. The van der Waals surface area contributed by atoms with Crippen LogP contribution in [0.2, 0.25) is 48.4 Å². The minimum atomic E-state index is -4.25. The summed E-state index contributed by atoms with van der Waals surface area (Å²) in [7, 11) is -33.0. The lowest BCUT2D eigenvalue weighted by Gasteiger charge is -2.63. The Kier molecular flexibility index (Phi) is 32.3. The zero-order valence-electron chi connectivity index (χ0n) is 56.4. The lowest BCUT2D eigenvalue weighted by atomic mass is 10.1. The molecular formula is C62H128O14Si8. The third-order valence-electron chi connectivity index (χ3n) is 17.3. The van der Waals surface area contributed by atoms with Crippen LogP contribution in [-0.4, -0.2) is 81.5 Å². The molecule has 0 aliphatic carbocycles. The topological polar surface area (TPSA) is 148 Å². The van der Waals surface area contributed by atoms with Gasteiger partial charge in [-0.2, -0.15) is 0 Å². The molecule has 6 saturated heterocycles. The zero-order valence-corrected chi connectivity index (χ0v) is 64.4. The number of rotatable bonds is 47. The van der Waals surface area contributed by atoms with Crippen molar-refractivity contribution in [3.8, 4) is 0 Å². The van der Waals surface area contributed by atoms with E-state index < -0.39 is 76.4 Å². The summed E-state index contributed by atoms with van der Waals surface area (Å²) in [6, 6.07) is 3.89. The van der Waals surface area contributed by atoms with Gasteiger partial charge in [0.2, 0.25) is 0 Å². The summed E-state index contributed by atoms with van der Waals surface area (Å²) < 4.78 is 99.4. The second kappa shape index (κ2) is 36.1. The summed E-state index contributed by atoms with van der Waals surface area (Å²) in [5.41, 5.74) is 0.133. The van der Waals surface area contributed by atoms with Crippen molar-refractivity contribution >= 4 is 76.4 Å². The molecule has 0 atom stereocenters. The highest BCUT2D eigenvalue weighted by atomic mass is 28.6. The highest BCUT2D eigenvalue weighted by molar-refractivity contribution is 7.03. The van der Waals surface area contributed by atoms with Crippen LogP contribution in [0.1, 0.15) is 290 Å². The van der Waals surface area contributed by atoms with Gasteiger partial charge in [0.1, 0.15) is 0 Å². The van der Waals surface area contributed by atoms with Crippen LogP contribution < -0.4 is 0 Å². The summed E-state index contributed by atoms with van der Waals surface area (Å²) in [5, 5.41) is 10.3. The van der Waals surface area contributed by atoms with Gasteiger partial charge < -0.3 is 54.5 Å². The predicted molar refractivity (Wildman–Crippen MR) is 357 cm³/mol. The lowest BCUT2D eigenvalue weighted by Crippen LogP contribution is -2.88. The molecule has 6 aliphatic heterocycles. The molecule has 6 heterocycles. The van der Waals surface area contributed by atoms with Gasteiger partial charge in [0.25, 0.3) is 0 Å². The van der Waals surface area contributed by atoms with Gasteiger partial charge in [-0.05, 0) is 99.2 Å². The largest absolute Gasteiger partial charge is 0.478 e. The molecule has 0 spiro atoms. The van der Waals surface area contributed by atoms with Crippen LogP contribution in [0.5, 0.6) is 0 Å². The van der Waals surface area contributed by atoms with Crippen LogP contribution in [0, 0.1) is 41.4 Å². The Hall–Kier alpha value is 0.465. The first kappa shape index (κ1) is 75.2. The van der Waals surface area contributed by atoms with E-state index in [2.05, 4.69) is 104 Å². The fourth-order valence-electron chi connectivity index (χ4n) is 12.7. The predicted octanol–water partition coefficient (Wildman–Crippen LogP) is 19.7. The molecular weight excluding hydrogens is 1190 g/mol. The molecule has 0 aromatic rings. The molecule has 14 nitrogen and oxygen atoms in total. The van der Waals surface area contributed by atoms with E-state index in [1.807, 2.05) is 0 Å². The van der Waals surface area contributed by atoms with Crippen molar-refractivity contribution in [1.29, 1.82) is 0 Å². The Balaban J connectivity index is 1.88. The molecule has 22 heteroatoms. The molecule has 492 valence electrons. The summed E-state index contributed by atoms with van der Waals surface area (Å²) in [5.74, 6) is 3.11. The maximum Gasteiger partial charge on any atom is 0.478 e. The summed E-state index contributed by atoms with van der Waals surface area (Å²) in [6.07, 6.45) is 28.6. The van der Waals surface area contributed by atoms with Gasteiger partial charge in [0.15, 0.2) is 0 Å². The minimum Gasteiger partial charge on any atom is -0.478 e. The van der Waals surface area contributed by atoms with Gasteiger partial charge in [0.05, 0.1) is 0 Å². The first-order valence-corrected chi connectivity index (χ1v) is 50.5. The first-order valence-electron chi connectivity index (χ1n) is 35.1. The van der Waals surface area contributed by atoms with Gasteiger partial charge in [-0.15, -0.1) is 0 Å². The maximum absolute atomic E-state index is 12.5. The molecule has 6 rings (SSSR count). The van der Waals surface area contributed by atoms with Crippen LogP contribution in [-0.2, 0) is 54.2 Å². The summed E-state index contributed by atoms with van der Waals surface area (Å²) >= 11 is 0. The number of hydrogen-bond donors (Lipinski definition) is 1. The normalized spacial score (nSPS) is 30.4. The minimum absolute atomic E-state index is 0.133. The third-order valence-corrected chi connectivity index (χ3v) is 54.9. The average Bonchev–Trinajstić information content (AvgIpc) is 1.85. The number of carbonyl (C=O) groups is 1. The van der Waals surface area contributed by atoms with E-state index in [0.29, 0.717) is 90.2 Å². The first-order chi connectivity index (χ1) is 39.7. The van der Waals surface area contributed by atoms with Crippen molar-refractivity contribution < 1.29 is 59.3 Å². The number of hydrogen-bond acceptors (Lipinski definition) is 13. The second-order valence-electron chi connectivity index (χ2n) is 29.4. The second-order valence-corrected chi connectivity index (χ2v) is 54.1. The van der Waals surface area contributed by atoms with E-state index in [-0.39, 0.29) is 18.0 Å². The monoisotopic (exact) mass is 1320 g/mol. The molecule has 8 bridgehead atoms. The molecule has 84 heavy (non-hydrogen) atoms. The quantitative estimate of drug-likeness (QED) is 0.0350. The number of unbranched alkanes of at least 4 members (excludes halogenated alkanes) is 14. The number of carboxylic acid groups (broad SMARTS) is 1. The lowest BCUT2D eigenvalue weighted by molar-refractivity contribution is -0.132. The van der Waals surface area contributed by atoms with Gasteiger partial charge >= 0.3 is 76.4 Å². The van der Waals surface area contributed by atoms with Crippen LogP contribution >= 0.6 is 0 Å². The Morgan fingerprint density at radius 2 is 0.405 bits per heavy atom.